The molecule has 0 saturated carbocycles. The maximum atomic E-state index is 13.5. The van der Waals surface area contributed by atoms with Crippen LogP contribution in [0.5, 0.6) is 6.01 Å². The summed E-state index contributed by atoms with van der Waals surface area (Å²) >= 11 is 0. The smallest absolute Gasteiger partial charge is 0.465 e. The summed E-state index contributed by atoms with van der Waals surface area (Å²) in [6.07, 6.45) is -5.90. The van der Waals surface area contributed by atoms with E-state index in [0.29, 0.717) is 36.0 Å². The van der Waals surface area contributed by atoms with Gasteiger partial charge in [-0.1, -0.05) is 54.6 Å². The fourth-order valence-electron chi connectivity index (χ4n) is 6.15. The quantitative estimate of drug-likeness (QED) is 0.0849. The molecule has 0 amide bonds. The molecule has 0 radical (unpaired) electrons. The van der Waals surface area contributed by atoms with Crippen LogP contribution in [0.3, 0.4) is 0 Å². The first-order valence-electron chi connectivity index (χ1n) is 16.0. The highest BCUT2D eigenvalue weighted by atomic mass is 17.0. The topological polar surface area (TPSA) is 214 Å². The van der Waals surface area contributed by atoms with Crippen LogP contribution in [0.2, 0.25) is 0 Å². The lowest BCUT2D eigenvalue weighted by Crippen LogP contribution is -2.36. The number of ether oxygens (including phenoxy) is 6. The van der Waals surface area contributed by atoms with Crippen molar-refractivity contribution in [2.24, 2.45) is 0 Å². The van der Waals surface area contributed by atoms with Gasteiger partial charge < -0.3 is 33.3 Å². The Morgan fingerprint density at radius 2 is 1.75 bits per heavy atom. The molecule has 5 aromatic rings. The minimum Gasteiger partial charge on any atom is -0.465 e. The lowest BCUT2D eigenvalue weighted by atomic mass is 9.98. The molecular weight excluding hydrogens is 670 g/mol. The SMILES string of the molecule is CCOc1nc2cccc(C(=O)O[C@@H](C)OC(=O)O[C@H]3CO[C@H]4[C@@H]3OC[C@H]4O[N+](=O)[O-])c2n1Cc1ccc(-c2ccccc2-c2nn[nH]n2)cc1. The van der Waals surface area contributed by atoms with Crippen molar-refractivity contribution in [2.45, 2.75) is 51.1 Å². The van der Waals surface area contributed by atoms with Crippen molar-refractivity contribution in [3.63, 3.8) is 0 Å². The van der Waals surface area contributed by atoms with Gasteiger partial charge in [0.15, 0.2) is 12.2 Å². The van der Waals surface area contributed by atoms with Crippen molar-refractivity contribution in [2.75, 3.05) is 19.8 Å². The van der Waals surface area contributed by atoms with E-state index in [9.17, 15) is 19.7 Å². The average Bonchev–Trinajstić information content (AvgIpc) is 3.92. The highest BCUT2D eigenvalue weighted by molar-refractivity contribution is 6.02. The number of rotatable bonds is 12. The zero-order valence-electron chi connectivity index (χ0n) is 27.2. The predicted octanol–water partition coefficient (Wildman–Crippen LogP) is 3.73. The average molecular weight is 702 g/mol. The first kappa shape index (κ1) is 33.4. The fraction of sp³-hybridized carbons (Fsp3) is 0.333. The molecule has 5 atom stereocenters. The highest BCUT2D eigenvalue weighted by Crippen LogP contribution is 2.33. The van der Waals surface area contributed by atoms with Crippen molar-refractivity contribution in [3.8, 4) is 28.5 Å². The molecular formula is C33H31N7O11. The molecule has 1 N–H and O–H groups in total. The predicted molar refractivity (Wildman–Crippen MR) is 173 cm³/mol. The number of carbonyl (C=O) groups is 2. The summed E-state index contributed by atoms with van der Waals surface area (Å²) in [4.78, 5) is 46.0. The van der Waals surface area contributed by atoms with Gasteiger partial charge in [0, 0.05) is 12.5 Å². The Morgan fingerprint density at radius 1 is 1.00 bits per heavy atom. The van der Waals surface area contributed by atoms with Gasteiger partial charge in [-0.2, -0.15) is 10.2 Å². The van der Waals surface area contributed by atoms with Crippen molar-refractivity contribution in [3.05, 3.63) is 88.0 Å². The summed E-state index contributed by atoms with van der Waals surface area (Å²) in [5.74, 6) is -0.292. The van der Waals surface area contributed by atoms with Crippen LogP contribution < -0.4 is 4.74 Å². The van der Waals surface area contributed by atoms with Crippen molar-refractivity contribution in [1.82, 2.24) is 30.2 Å². The molecule has 3 aromatic carbocycles. The number of fused-ring (bicyclic) bond motifs is 2. The van der Waals surface area contributed by atoms with E-state index in [1.807, 2.05) is 55.5 Å². The molecule has 0 bridgehead atoms. The molecule has 2 saturated heterocycles. The third kappa shape index (κ3) is 6.99. The van der Waals surface area contributed by atoms with Gasteiger partial charge in [-0.25, -0.2) is 9.59 Å². The molecule has 2 aliphatic rings. The fourth-order valence-corrected chi connectivity index (χ4v) is 6.15. The number of hydrogen-bond donors (Lipinski definition) is 1. The Bertz CT molecular complexity index is 2040. The monoisotopic (exact) mass is 701 g/mol. The first-order chi connectivity index (χ1) is 24.8. The number of benzene rings is 3. The van der Waals surface area contributed by atoms with E-state index >= 15 is 0 Å². The molecule has 2 fully saturated rings. The zero-order chi connectivity index (χ0) is 35.5. The van der Waals surface area contributed by atoms with Crippen LogP contribution in [0, 0.1) is 10.1 Å². The molecule has 18 nitrogen and oxygen atoms in total. The van der Waals surface area contributed by atoms with Crippen LogP contribution in [0.25, 0.3) is 33.5 Å². The third-order valence-corrected chi connectivity index (χ3v) is 8.31. The van der Waals surface area contributed by atoms with E-state index in [1.54, 1.807) is 22.8 Å². The molecule has 51 heavy (non-hydrogen) atoms. The minimum absolute atomic E-state index is 0.0827. The number of tetrazole rings is 1. The highest BCUT2D eigenvalue weighted by Gasteiger charge is 2.51. The Hall–Kier alpha value is -6.14. The van der Waals surface area contributed by atoms with Gasteiger partial charge in [0.2, 0.25) is 12.1 Å². The van der Waals surface area contributed by atoms with E-state index in [-0.39, 0.29) is 18.8 Å². The number of nitrogens with one attached hydrogen (secondary N) is 1. The summed E-state index contributed by atoms with van der Waals surface area (Å²) in [5, 5.41) is 24.2. The summed E-state index contributed by atoms with van der Waals surface area (Å²) in [6, 6.07) is 21.0. The van der Waals surface area contributed by atoms with Crippen LogP contribution in [0.15, 0.2) is 66.7 Å². The third-order valence-electron chi connectivity index (χ3n) is 8.31. The van der Waals surface area contributed by atoms with Crippen LogP contribution in [-0.4, -0.2) is 97.9 Å². The molecule has 2 aliphatic heterocycles. The Balaban J connectivity index is 1.05. The lowest BCUT2D eigenvalue weighted by molar-refractivity contribution is -0.769. The second-order valence-electron chi connectivity index (χ2n) is 11.5. The van der Waals surface area contributed by atoms with E-state index < -0.39 is 47.9 Å². The molecule has 2 aromatic heterocycles. The van der Waals surface area contributed by atoms with Gasteiger partial charge in [0.05, 0.1) is 43.0 Å². The van der Waals surface area contributed by atoms with Crippen molar-refractivity contribution < 1.29 is 47.9 Å². The Kier molecular flexibility index (Phi) is 9.40. The second-order valence-corrected chi connectivity index (χ2v) is 11.5. The van der Waals surface area contributed by atoms with Crippen LogP contribution in [-0.2, 0) is 35.1 Å². The van der Waals surface area contributed by atoms with Gasteiger partial charge in [-0.15, -0.1) is 20.3 Å². The molecule has 4 heterocycles. The number of hydrogen-bond acceptors (Lipinski definition) is 15. The Labute approximate surface area is 288 Å². The standard InChI is InChI=1S/C33H31N7O11/c1-3-45-32-34-24-10-6-9-23(31(41)48-18(2)49-33(42)50-25-16-46-29-26(51-40(43)44)17-47-28(25)29)27(24)39(32)15-19-11-13-20(14-12-19)21-7-4-5-8-22(21)30-35-37-38-36-30/h4-14,18,25-26,28-29H,3,15-17H2,1-2H3,(H,35,36,37,38)/t18-,25+,26-,28-,29-/m1/s1. The largest absolute Gasteiger partial charge is 0.511 e. The number of esters is 1. The van der Waals surface area contributed by atoms with Crippen LogP contribution >= 0.6 is 0 Å². The molecule has 7 rings (SSSR count). The van der Waals surface area contributed by atoms with Crippen molar-refractivity contribution >= 4 is 23.2 Å². The Morgan fingerprint density at radius 3 is 2.47 bits per heavy atom. The minimum atomic E-state index is -1.35. The number of aromatic amines is 1. The maximum Gasteiger partial charge on any atom is 0.511 e. The maximum absolute atomic E-state index is 13.5. The summed E-state index contributed by atoms with van der Waals surface area (Å²) < 4.78 is 34.6. The summed E-state index contributed by atoms with van der Waals surface area (Å²) in [5.41, 5.74) is 4.74. The number of aromatic nitrogens is 6. The number of nitrogens with zero attached hydrogens (tertiary/aromatic N) is 6. The summed E-state index contributed by atoms with van der Waals surface area (Å²) in [7, 11) is 0. The zero-order valence-corrected chi connectivity index (χ0v) is 27.2. The normalized spacial score (nSPS) is 20.0. The first-order valence-corrected chi connectivity index (χ1v) is 16.0. The van der Waals surface area contributed by atoms with Gasteiger partial charge in [0.25, 0.3) is 11.1 Å². The van der Waals surface area contributed by atoms with Crippen LogP contribution in [0.1, 0.15) is 29.8 Å². The number of imidazole rings is 1. The molecule has 0 unspecified atom stereocenters. The van der Waals surface area contributed by atoms with Crippen LogP contribution in [0.4, 0.5) is 4.79 Å². The summed E-state index contributed by atoms with van der Waals surface area (Å²) in [6.45, 7) is 3.66. The molecule has 264 valence electrons. The molecule has 18 heteroatoms. The second kappa shape index (κ2) is 14.4. The molecule has 0 spiro atoms. The number of para-hydroxylation sites is 1. The van der Waals surface area contributed by atoms with E-state index in [2.05, 4.69) is 30.4 Å². The lowest BCUT2D eigenvalue weighted by Gasteiger charge is -2.19. The van der Waals surface area contributed by atoms with Gasteiger partial charge in [-0.3, -0.25) is 4.57 Å². The van der Waals surface area contributed by atoms with E-state index in [0.717, 1.165) is 22.3 Å². The van der Waals surface area contributed by atoms with E-state index in [4.69, 9.17) is 28.4 Å². The van der Waals surface area contributed by atoms with Gasteiger partial charge in [0.1, 0.15) is 12.2 Å². The van der Waals surface area contributed by atoms with Crippen molar-refractivity contribution in [1.29, 1.82) is 0 Å². The number of carbonyl (C=O) groups excluding carboxylic acids is 2. The van der Waals surface area contributed by atoms with E-state index in [1.165, 1.54) is 6.92 Å². The number of H-pyrrole nitrogens is 1. The van der Waals surface area contributed by atoms with Gasteiger partial charge >= 0.3 is 12.1 Å². The molecule has 0 aliphatic carbocycles. The van der Waals surface area contributed by atoms with Gasteiger partial charge in [-0.05, 0) is 41.0 Å².